The molecule has 5 rings (SSSR count). The van der Waals surface area contributed by atoms with E-state index in [0.717, 1.165) is 23.3 Å². The molecule has 0 bridgehead atoms. The molecule has 1 fully saturated rings. The predicted octanol–water partition coefficient (Wildman–Crippen LogP) is 7.58. The number of hydrogen-bond acceptors (Lipinski definition) is 6. The van der Waals surface area contributed by atoms with Gasteiger partial charge < -0.3 is 4.74 Å². The molecular formula is C27H25ClF3N3O3S. The van der Waals surface area contributed by atoms with E-state index in [4.69, 9.17) is 16.3 Å². The van der Waals surface area contributed by atoms with Crippen molar-refractivity contribution in [1.82, 2.24) is 15.1 Å². The van der Waals surface area contributed by atoms with E-state index in [9.17, 15) is 18.0 Å². The number of aromatic amines is 1. The van der Waals surface area contributed by atoms with Crippen LogP contribution < -0.4 is 10.5 Å². The number of thiazole rings is 1. The van der Waals surface area contributed by atoms with Gasteiger partial charge in [0.15, 0.2) is 5.82 Å². The highest BCUT2D eigenvalue weighted by Gasteiger charge is 2.58. The first-order valence-electron chi connectivity index (χ1n) is 12.3. The standard InChI is InChI=1S/C27H25ClF3N3O3S/c1-16-22(38-24(32-16)26(27(29,30)31)12-6-3-7-13-26)21(14-17-8-4-2-5-9-17)36-18-10-11-19(20(28)15-18)23-33-25(35)37-34-23/h2,4-5,8-11,15,21H,3,6-7,12-14H2,1H3,(H,33,34,35). The van der Waals surface area contributed by atoms with Crippen LogP contribution in [-0.4, -0.2) is 21.3 Å². The average Bonchev–Trinajstić information content (AvgIpc) is 3.50. The van der Waals surface area contributed by atoms with Crippen molar-refractivity contribution in [3.05, 3.63) is 85.2 Å². The summed E-state index contributed by atoms with van der Waals surface area (Å²) < 4.78 is 54.2. The summed E-state index contributed by atoms with van der Waals surface area (Å²) in [5.41, 5.74) is 0.0292. The normalized spacial score (nSPS) is 16.3. The molecule has 1 aliphatic rings. The molecule has 2 heterocycles. The van der Waals surface area contributed by atoms with Gasteiger partial charge in [0.25, 0.3) is 0 Å². The molecule has 0 radical (unpaired) electrons. The first-order valence-corrected chi connectivity index (χ1v) is 13.5. The number of aromatic nitrogens is 3. The van der Waals surface area contributed by atoms with Crippen LogP contribution in [-0.2, 0) is 11.8 Å². The van der Waals surface area contributed by atoms with Crippen LogP contribution in [0.2, 0.25) is 5.02 Å². The average molecular weight is 564 g/mol. The first kappa shape index (κ1) is 26.5. The van der Waals surface area contributed by atoms with Crippen molar-refractivity contribution in [2.75, 3.05) is 0 Å². The van der Waals surface area contributed by atoms with Crippen LogP contribution in [0.25, 0.3) is 11.4 Å². The van der Waals surface area contributed by atoms with Crippen molar-refractivity contribution in [1.29, 1.82) is 0 Å². The molecule has 1 N–H and O–H groups in total. The van der Waals surface area contributed by atoms with Gasteiger partial charge in [-0.05, 0) is 43.5 Å². The summed E-state index contributed by atoms with van der Waals surface area (Å²) in [6, 6.07) is 14.5. The quantitative estimate of drug-likeness (QED) is 0.251. The van der Waals surface area contributed by atoms with E-state index in [0.29, 0.717) is 41.1 Å². The van der Waals surface area contributed by atoms with Crippen LogP contribution in [0.4, 0.5) is 13.2 Å². The fourth-order valence-corrected chi connectivity index (χ4v) is 6.60. The Hall–Kier alpha value is -3.11. The molecule has 2 aromatic heterocycles. The van der Waals surface area contributed by atoms with E-state index < -0.39 is 23.5 Å². The summed E-state index contributed by atoms with van der Waals surface area (Å²) in [5.74, 6) is -0.103. The Bertz CT molecular complexity index is 1460. The summed E-state index contributed by atoms with van der Waals surface area (Å²) in [6.45, 7) is 1.74. The fraction of sp³-hybridized carbons (Fsp3) is 0.370. The lowest BCUT2D eigenvalue weighted by Gasteiger charge is -2.37. The second-order valence-electron chi connectivity index (χ2n) is 9.49. The molecule has 200 valence electrons. The zero-order chi connectivity index (χ0) is 26.9. The summed E-state index contributed by atoms with van der Waals surface area (Å²) in [7, 11) is 0. The molecule has 1 saturated carbocycles. The van der Waals surface area contributed by atoms with Crippen molar-refractivity contribution in [2.24, 2.45) is 0 Å². The van der Waals surface area contributed by atoms with Gasteiger partial charge in [0, 0.05) is 12.0 Å². The molecule has 0 aliphatic heterocycles. The van der Waals surface area contributed by atoms with Crippen molar-refractivity contribution in [2.45, 2.75) is 63.1 Å². The third kappa shape index (κ3) is 5.24. The van der Waals surface area contributed by atoms with Gasteiger partial charge in [0.05, 0.1) is 15.6 Å². The van der Waals surface area contributed by atoms with Gasteiger partial charge in [-0.3, -0.25) is 9.51 Å². The SMILES string of the molecule is Cc1nc(C2(C(F)(F)F)CCCCC2)sc1C(Cc1ccccc1)Oc1ccc(-c2noc(=O)[nH]2)c(Cl)c1. The monoisotopic (exact) mass is 563 g/mol. The van der Waals surface area contributed by atoms with Crippen LogP contribution in [0.5, 0.6) is 5.75 Å². The molecule has 38 heavy (non-hydrogen) atoms. The Labute approximate surface area is 225 Å². The Kier molecular flexibility index (Phi) is 7.37. The van der Waals surface area contributed by atoms with Gasteiger partial charge in [0.2, 0.25) is 0 Å². The molecule has 0 spiro atoms. The van der Waals surface area contributed by atoms with Gasteiger partial charge in [-0.2, -0.15) is 13.2 Å². The summed E-state index contributed by atoms with van der Waals surface area (Å²) in [5, 5.41) is 4.04. The second kappa shape index (κ2) is 10.6. The maximum Gasteiger partial charge on any atom is 0.439 e. The molecule has 0 amide bonds. The Morgan fingerprint density at radius 3 is 2.53 bits per heavy atom. The number of nitrogens with one attached hydrogen (secondary N) is 1. The Morgan fingerprint density at radius 1 is 1.16 bits per heavy atom. The van der Waals surface area contributed by atoms with Gasteiger partial charge in [0.1, 0.15) is 22.3 Å². The van der Waals surface area contributed by atoms with Crippen molar-refractivity contribution in [3.63, 3.8) is 0 Å². The van der Waals surface area contributed by atoms with Gasteiger partial charge >= 0.3 is 11.9 Å². The smallest absolute Gasteiger partial charge is 0.439 e. The highest BCUT2D eigenvalue weighted by Crippen LogP contribution is 2.52. The minimum atomic E-state index is -4.38. The lowest BCUT2D eigenvalue weighted by molar-refractivity contribution is -0.199. The molecule has 0 saturated heterocycles. The minimum absolute atomic E-state index is 0.0499. The third-order valence-corrected chi connectivity index (χ3v) is 8.73. The minimum Gasteiger partial charge on any atom is -0.484 e. The van der Waals surface area contributed by atoms with Crippen LogP contribution in [0.3, 0.4) is 0 Å². The van der Waals surface area contributed by atoms with Crippen molar-refractivity contribution < 1.29 is 22.4 Å². The van der Waals surface area contributed by atoms with Gasteiger partial charge in [-0.1, -0.05) is 66.4 Å². The highest BCUT2D eigenvalue weighted by atomic mass is 35.5. The fourth-order valence-electron chi connectivity index (χ4n) is 4.97. The molecule has 1 unspecified atom stereocenters. The number of nitrogens with zero attached hydrogens (tertiary/aromatic N) is 2. The van der Waals surface area contributed by atoms with E-state index in [-0.39, 0.29) is 28.7 Å². The molecule has 6 nitrogen and oxygen atoms in total. The predicted molar refractivity (Wildman–Crippen MR) is 139 cm³/mol. The van der Waals surface area contributed by atoms with E-state index in [1.54, 1.807) is 25.1 Å². The zero-order valence-electron chi connectivity index (χ0n) is 20.5. The van der Waals surface area contributed by atoms with Crippen LogP contribution in [0.1, 0.15) is 59.4 Å². The molecule has 11 heteroatoms. The molecular weight excluding hydrogens is 539 g/mol. The summed E-state index contributed by atoms with van der Waals surface area (Å²) in [4.78, 5) is 18.9. The molecule has 4 aromatic rings. The summed E-state index contributed by atoms with van der Waals surface area (Å²) >= 11 is 7.54. The third-order valence-electron chi connectivity index (χ3n) is 6.96. The zero-order valence-corrected chi connectivity index (χ0v) is 22.1. The second-order valence-corrected chi connectivity index (χ2v) is 10.9. The number of H-pyrrole nitrogens is 1. The van der Waals surface area contributed by atoms with Crippen LogP contribution >= 0.6 is 22.9 Å². The van der Waals surface area contributed by atoms with Gasteiger partial charge in [-0.25, -0.2) is 9.78 Å². The highest BCUT2D eigenvalue weighted by molar-refractivity contribution is 7.12. The van der Waals surface area contributed by atoms with E-state index in [1.165, 1.54) is 0 Å². The number of aryl methyl sites for hydroxylation is 1. The number of rotatable bonds is 7. The largest absolute Gasteiger partial charge is 0.484 e. The maximum absolute atomic E-state index is 14.4. The lowest BCUT2D eigenvalue weighted by Crippen LogP contribution is -2.43. The van der Waals surface area contributed by atoms with Crippen LogP contribution in [0.15, 0.2) is 57.8 Å². The lowest BCUT2D eigenvalue weighted by atomic mass is 9.74. The van der Waals surface area contributed by atoms with E-state index in [2.05, 4.69) is 19.6 Å². The summed E-state index contributed by atoms with van der Waals surface area (Å²) in [6.07, 6.45) is -2.59. The van der Waals surface area contributed by atoms with E-state index >= 15 is 0 Å². The number of halogens is 4. The molecule has 1 aliphatic carbocycles. The van der Waals surface area contributed by atoms with E-state index in [1.807, 2.05) is 30.3 Å². The van der Waals surface area contributed by atoms with Crippen molar-refractivity contribution >= 4 is 22.9 Å². The van der Waals surface area contributed by atoms with Gasteiger partial charge in [-0.15, -0.1) is 11.3 Å². The van der Waals surface area contributed by atoms with Crippen molar-refractivity contribution in [3.8, 4) is 17.1 Å². The molecule has 2 aromatic carbocycles. The van der Waals surface area contributed by atoms with Crippen LogP contribution in [0, 0.1) is 6.92 Å². The Morgan fingerprint density at radius 2 is 1.89 bits per heavy atom. The molecule has 1 atom stereocenters. The number of ether oxygens (including phenoxy) is 1. The number of benzene rings is 2. The number of alkyl halides is 3. The maximum atomic E-state index is 14.4. The first-order chi connectivity index (χ1) is 18.2. The topological polar surface area (TPSA) is 81.0 Å². The Balaban J connectivity index is 1.51. The number of hydrogen-bond donors (Lipinski definition) is 1.